The Balaban J connectivity index is 2.06. The maximum absolute atomic E-state index is 6.28. The zero-order valence-electron chi connectivity index (χ0n) is 10.1. The summed E-state index contributed by atoms with van der Waals surface area (Å²) < 4.78 is 8.44. The Morgan fingerprint density at radius 3 is 3.11 bits per heavy atom. The highest BCUT2D eigenvalue weighted by atomic mass is 35.5. The summed E-state index contributed by atoms with van der Waals surface area (Å²) in [5.41, 5.74) is 2.00. The van der Waals surface area contributed by atoms with Gasteiger partial charge in [0.2, 0.25) is 0 Å². The quantitative estimate of drug-likeness (QED) is 0.850. The van der Waals surface area contributed by atoms with Crippen molar-refractivity contribution in [1.82, 2.24) is 9.55 Å². The Labute approximate surface area is 116 Å². The minimum Gasteiger partial charge on any atom is -0.378 e. The van der Waals surface area contributed by atoms with Crippen LogP contribution in [0.4, 0.5) is 0 Å². The van der Waals surface area contributed by atoms with Gasteiger partial charge in [-0.3, -0.25) is 0 Å². The van der Waals surface area contributed by atoms with Gasteiger partial charge in [-0.05, 0) is 37.7 Å². The molecule has 0 spiro atoms. The van der Waals surface area contributed by atoms with E-state index in [0.717, 1.165) is 40.4 Å². The van der Waals surface area contributed by atoms with Crippen molar-refractivity contribution in [3.8, 4) is 0 Å². The molecule has 3 nitrogen and oxygen atoms in total. The summed E-state index contributed by atoms with van der Waals surface area (Å²) in [5, 5.41) is 0.742. The van der Waals surface area contributed by atoms with E-state index in [1.165, 1.54) is 0 Å². The summed E-state index contributed by atoms with van der Waals surface area (Å²) in [6, 6.07) is 5.83. The Hall–Kier alpha value is -0.840. The lowest BCUT2D eigenvalue weighted by atomic mass is 10.0. The van der Waals surface area contributed by atoms with Gasteiger partial charge in [-0.2, -0.15) is 0 Å². The number of nitrogens with one attached hydrogen (secondary N) is 1. The molecule has 1 aliphatic rings. The van der Waals surface area contributed by atoms with Crippen LogP contribution in [0.25, 0.3) is 11.0 Å². The standard InChI is InChI=1S/C13H15ClN2OS/c1-8-9(5-6-17-8)7-16-12-10(14)3-2-4-11(12)15-13(16)18/h2-4,8-9H,5-7H2,1H3,(H,15,18). The highest BCUT2D eigenvalue weighted by Crippen LogP contribution is 2.27. The van der Waals surface area contributed by atoms with Crippen LogP contribution < -0.4 is 0 Å². The third-order valence-corrected chi connectivity index (χ3v) is 4.32. The normalized spacial score (nSPS) is 23.9. The van der Waals surface area contributed by atoms with Crippen molar-refractivity contribution < 1.29 is 4.74 Å². The molecule has 0 amide bonds. The first-order chi connectivity index (χ1) is 8.66. The topological polar surface area (TPSA) is 29.9 Å². The Morgan fingerprint density at radius 2 is 2.39 bits per heavy atom. The number of rotatable bonds is 2. The van der Waals surface area contributed by atoms with Crippen molar-refractivity contribution in [3.05, 3.63) is 28.0 Å². The van der Waals surface area contributed by atoms with Crippen molar-refractivity contribution in [2.24, 2.45) is 5.92 Å². The van der Waals surface area contributed by atoms with E-state index in [1.807, 2.05) is 18.2 Å². The summed E-state index contributed by atoms with van der Waals surface area (Å²) in [6.07, 6.45) is 1.37. The Morgan fingerprint density at radius 1 is 1.56 bits per heavy atom. The fourth-order valence-corrected chi connectivity index (χ4v) is 3.15. The largest absolute Gasteiger partial charge is 0.378 e. The van der Waals surface area contributed by atoms with E-state index < -0.39 is 0 Å². The van der Waals surface area contributed by atoms with Crippen molar-refractivity contribution in [2.75, 3.05) is 6.61 Å². The molecule has 2 aromatic rings. The van der Waals surface area contributed by atoms with E-state index in [1.54, 1.807) is 0 Å². The third kappa shape index (κ3) is 1.98. The summed E-state index contributed by atoms with van der Waals surface area (Å²) in [5.74, 6) is 0.506. The number of benzene rings is 1. The maximum atomic E-state index is 6.28. The summed E-state index contributed by atoms with van der Waals surface area (Å²) in [4.78, 5) is 3.21. The molecule has 2 unspecified atom stereocenters. The highest BCUT2D eigenvalue weighted by molar-refractivity contribution is 7.71. The second-order valence-electron chi connectivity index (χ2n) is 4.80. The van der Waals surface area contributed by atoms with Crippen LogP contribution in [0.5, 0.6) is 0 Å². The molecular weight excluding hydrogens is 268 g/mol. The highest BCUT2D eigenvalue weighted by Gasteiger charge is 2.25. The molecule has 1 fully saturated rings. The average molecular weight is 283 g/mol. The second-order valence-corrected chi connectivity index (χ2v) is 5.60. The van der Waals surface area contributed by atoms with E-state index in [2.05, 4.69) is 16.5 Å². The van der Waals surface area contributed by atoms with E-state index in [9.17, 15) is 0 Å². The number of hydrogen-bond acceptors (Lipinski definition) is 2. The monoisotopic (exact) mass is 282 g/mol. The molecule has 2 atom stereocenters. The predicted octanol–water partition coefficient (Wildman–Crippen LogP) is 3.78. The molecule has 2 heterocycles. The van der Waals surface area contributed by atoms with Gasteiger partial charge in [-0.15, -0.1) is 0 Å². The van der Waals surface area contributed by atoms with Crippen LogP contribution in [0.1, 0.15) is 13.3 Å². The van der Waals surface area contributed by atoms with Gasteiger partial charge in [0.25, 0.3) is 0 Å². The minimum atomic E-state index is 0.291. The smallest absolute Gasteiger partial charge is 0.178 e. The fraction of sp³-hybridized carbons (Fsp3) is 0.462. The van der Waals surface area contributed by atoms with Crippen LogP contribution in [0.2, 0.25) is 5.02 Å². The van der Waals surface area contributed by atoms with Gasteiger partial charge in [0, 0.05) is 19.1 Å². The number of H-pyrrole nitrogens is 1. The molecule has 1 N–H and O–H groups in total. The molecule has 1 saturated heterocycles. The molecule has 1 aliphatic heterocycles. The van der Waals surface area contributed by atoms with E-state index in [0.29, 0.717) is 12.0 Å². The molecular formula is C13H15ClN2OS. The number of fused-ring (bicyclic) bond motifs is 1. The minimum absolute atomic E-state index is 0.291. The number of hydrogen-bond donors (Lipinski definition) is 1. The van der Waals surface area contributed by atoms with Crippen LogP contribution in [-0.2, 0) is 11.3 Å². The zero-order chi connectivity index (χ0) is 12.7. The van der Waals surface area contributed by atoms with Crippen LogP contribution in [0.3, 0.4) is 0 Å². The van der Waals surface area contributed by atoms with Gasteiger partial charge >= 0.3 is 0 Å². The third-order valence-electron chi connectivity index (χ3n) is 3.69. The lowest BCUT2D eigenvalue weighted by Gasteiger charge is -2.15. The van der Waals surface area contributed by atoms with Crippen molar-refractivity contribution in [3.63, 3.8) is 0 Å². The number of ether oxygens (including phenoxy) is 1. The van der Waals surface area contributed by atoms with Crippen molar-refractivity contribution >= 4 is 34.9 Å². The Kier molecular flexibility index (Phi) is 3.18. The molecule has 0 aliphatic carbocycles. The van der Waals surface area contributed by atoms with Crippen LogP contribution in [-0.4, -0.2) is 22.3 Å². The number of aromatic nitrogens is 2. The lowest BCUT2D eigenvalue weighted by Crippen LogP contribution is -2.18. The lowest BCUT2D eigenvalue weighted by molar-refractivity contribution is 0.102. The van der Waals surface area contributed by atoms with Crippen molar-refractivity contribution in [2.45, 2.75) is 26.0 Å². The number of aromatic amines is 1. The molecule has 0 radical (unpaired) electrons. The zero-order valence-corrected chi connectivity index (χ0v) is 11.7. The van der Waals surface area contributed by atoms with Crippen molar-refractivity contribution in [1.29, 1.82) is 0 Å². The summed E-state index contributed by atoms with van der Waals surface area (Å²) in [7, 11) is 0. The first-order valence-corrected chi connectivity index (χ1v) is 6.94. The van der Waals surface area contributed by atoms with Gasteiger partial charge in [0.1, 0.15) is 0 Å². The Bertz CT molecular complexity index is 633. The van der Waals surface area contributed by atoms with Gasteiger partial charge in [0.15, 0.2) is 4.77 Å². The van der Waals surface area contributed by atoms with Crippen LogP contribution >= 0.6 is 23.8 Å². The summed E-state index contributed by atoms with van der Waals surface area (Å²) in [6.45, 7) is 3.83. The number of halogens is 1. The van der Waals surface area contributed by atoms with E-state index in [4.69, 9.17) is 28.6 Å². The molecule has 96 valence electrons. The number of nitrogens with zero attached hydrogens (tertiary/aromatic N) is 1. The predicted molar refractivity (Wildman–Crippen MR) is 75.7 cm³/mol. The van der Waals surface area contributed by atoms with Gasteiger partial charge in [-0.25, -0.2) is 0 Å². The van der Waals surface area contributed by atoms with E-state index >= 15 is 0 Å². The van der Waals surface area contributed by atoms with E-state index in [-0.39, 0.29) is 0 Å². The van der Waals surface area contributed by atoms with Crippen LogP contribution in [0, 0.1) is 10.7 Å². The second kappa shape index (κ2) is 4.68. The number of para-hydroxylation sites is 1. The molecule has 0 saturated carbocycles. The number of imidazole rings is 1. The van der Waals surface area contributed by atoms with Gasteiger partial charge in [-0.1, -0.05) is 17.7 Å². The van der Waals surface area contributed by atoms with Gasteiger partial charge < -0.3 is 14.3 Å². The molecule has 1 aromatic carbocycles. The fourth-order valence-electron chi connectivity index (χ4n) is 2.60. The SMILES string of the molecule is CC1OCCC1Cn1c(=S)[nH]c2cccc(Cl)c21. The molecule has 1 aromatic heterocycles. The molecule has 5 heteroatoms. The first-order valence-electron chi connectivity index (χ1n) is 6.15. The van der Waals surface area contributed by atoms with Gasteiger partial charge in [0.05, 0.1) is 22.2 Å². The maximum Gasteiger partial charge on any atom is 0.178 e. The average Bonchev–Trinajstić information content (AvgIpc) is 2.86. The molecule has 0 bridgehead atoms. The van der Waals surface area contributed by atoms with Crippen LogP contribution in [0.15, 0.2) is 18.2 Å². The first kappa shape index (κ1) is 12.2. The summed E-state index contributed by atoms with van der Waals surface area (Å²) >= 11 is 11.7. The molecule has 3 rings (SSSR count). The molecule has 18 heavy (non-hydrogen) atoms.